The summed E-state index contributed by atoms with van der Waals surface area (Å²) in [5.41, 5.74) is 1.01. The van der Waals surface area contributed by atoms with E-state index < -0.39 is 29.5 Å². The van der Waals surface area contributed by atoms with Crippen molar-refractivity contribution in [1.29, 1.82) is 0 Å². The number of anilines is 1. The Balaban J connectivity index is 2.15. The molecule has 0 radical (unpaired) electrons. The predicted molar refractivity (Wildman–Crippen MR) is 124 cm³/mol. The molecule has 0 amide bonds. The lowest BCUT2D eigenvalue weighted by molar-refractivity contribution is -0.180. The molecular weight excluding hydrogens is 406 g/mol. The molecule has 2 aromatic rings. The molecule has 2 aromatic carbocycles. The topological polar surface area (TPSA) is 65.1 Å². The molecule has 1 aliphatic heterocycles. The molecule has 2 atom stereocenters. The minimum atomic E-state index is -1.61. The van der Waals surface area contributed by atoms with Gasteiger partial charge in [-0.05, 0) is 31.5 Å². The number of carbonyl (C=O) groups excluding carboxylic acids is 2. The third-order valence-corrected chi connectivity index (χ3v) is 5.43. The number of rotatable bonds is 6. The van der Waals surface area contributed by atoms with E-state index in [0.717, 1.165) is 11.1 Å². The van der Waals surface area contributed by atoms with Gasteiger partial charge in [0.2, 0.25) is 0 Å². The van der Waals surface area contributed by atoms with Crippen LogP contribution in [0.3, 0.4) is 0 Å². The average molecular weight is 436 g/mol. The fourth-order valence-electron chi connectivity index (χ4n) is 3.95. The van der Waals surface area contributed by atoms with Crippen LogP contribution < -0.4 is 5.06 Å². The standard InChI is InChI=1S/C26H29NO5/c1-19(2)17-23-26(24(28)30-3,25(29)31-4)18-22(16-15-20-11-7-5-8-12-20)32-27(23)21-13-9-6-10-14-21/h5-17,22-23H,18H2,1-4H3/b16-15+. The Morgan fingerprint density at radius 3 is 2.06 bits per heavy atom. The lowest BCUT2D eigenvalue weighted by Gasteiger charge is -2.47. The van der Waals surface area contributed by atoms with Crippen molar-refractivity contribution in [2.45, 2.75) is 32.4 Å². The fraction of sp³-hybridized carbons (Fsp3) is 0.308. The van der Waals surface area contributed by atoms with Crippen LogP contribution in [0.4, 0.5) is 5.69 Å². The molecule has 3 rings (SSSR count). The van der Waals surface area contributed by atoms with E-state index in [0.29, 0.717) is 5.69 Å². The van der Waals surface area contributed by atoms with Crippen LogP contribution in [0, 0.1) is 5.41 Å². The molecule has 0 N–H and O–H groups in total. The van der Waals surface area contributed by atoms with Gasteiger partial charge in [-0.15, -0.1) is 0 Å². The van der Waals surface area contributed by atoms with Crippen LogP contribution in [0.5, 0.6) is 0 Å². The number of hydroxylamine groups is 1. The van der Waals surface area contributed by atoms with Crippen LogP contribution >= 0.6 is 0 Å². The number of methoxy groups -OCH3 is 2. The number of allylic oxidation sites excluding steroid dienone is 1. The molecule has 1 heterocycles. The van der Waals surface area contributed by atoms with Crippen LogP contribution in [-0.4, -0.2) is 38.3 Å². The van der Waals surface area contributed by atoms with Gasteiger partial charge in [0.25, 0.3) is 0 Å². The summed E-state index contributed by atoms with van der Waals surface area (Å²) in [5.74, 6) is -1.32. The number of nitrogens with zero attached hydrogens (tertiary/aromatic N) is 1. The first-order valence-corrected chi connectivity index (χ1v) is 10.5. The monoisotopic (exact) mass is 435 g/mol. The fourth-order valence-corrected chi connectivity index (χ4v) is 3.95. The summed E-state index contributed by atoms with van der Waals surface area (Å²) in [7, 11) is 2.56. The van der Waals surface area contributed by atoms with Crippen LogP contribution in [-0.2, 0) is 23.9 Å². The van der Waals surface area contributed by atoms with Gasteiger partial charge in [-0.25, -0.2) is 5.06 Å². The Morgan fingerprint density at radius 1 is 0.969 bits per heavy atom. The van der Waals surface area contributed by atoms with Gasteiger partial charge < -0.3 is 9.47 Å². The maximum Gasteiger partial charge on any atom is 0.325 e. The molecule has 1 fully saturated rings. The number of hydrogen-bond acceptors (Lipinski definition) is 6. The second-order valence-electron chi connectivity index (χ2n) is 7.92. The Bertz CT molecular complexity index is 964. The van der Waals surface area contributed by atoms with Gasteiger partial charge in [-0.1, -0.05) is 72.3 Å². The number of benzene rings is 2. The molecule has 0 saturated carbocycles. The number of para-hydroxylation sites is 1. The van der Waals surface area contributed by atoms with Gasteiger partial charge in [0.1, 0.15) is 12.1 Å². The van der Waals surface area contributed by atoms with Crippen molar-refractivity contribution in [3.05, 3.63) is 84.0 Å². The van der Waals surface area contributed by atoms with Gasteiger partial charge in [0.15, 0.2) is 5.41 Å². The highest BCUT2D eigenvalue weighted by atomic mass is 16.7. The molecule has 0 aliphatic carbocycles. The van der Waals surface area contributed by atoms with E-state index in [4.69, 9.17) is 14.3 Å². The zero-order valence-electron chi connectivity index (χ0n) is 18.9. The molecule has 2 unspecified atom stereocenters. The van der Waals surface area contributed by atoms with Gasteiger partial charge in [-0.3, -0.25) is 14.4 Å². The summed E-state index contributed by atoms with van der Waals surface area (Å²) < 4.78 is 10.3. The molecule has 6 nitrogen and oxygen atoms in total. The largest absolute Gasteiger partial charge is 0.468 e. The predicted octanol–water partition coefficient (Wildman–Crippen LogP) is 4.58. The summed E-state index contributed by atoms with van der Waals surface area (Å²) in [6.07, 6.45) is 5.11. The maximum absolute atomic E-state index is 13.2. The van der Waals surface area contributed by atoms with Crippen LogP contribution in [0.25, 0.3) is 6.08 Å². The maximum atomic E-state index is 13.2. The summed E-state index contributed by atoms with van der Waals surface area (Å²) in [6, 6.07) is 18.4. The van der Waals surface area contributed by atoms with Crippen LogP contribution in [0.1, 0.15) is 25.8 Å². The van der Waals surface area contributed by atoms with E-state index in [2.05, 4.69) is 0 Å². The van der Waals surface area contributed by atoms with E-state index in [9.17, 15) is 9.59 Å². The van der Waals surface area contributed by atoms with Crippen molar-refractivity contribution in [3.63, 3.8) is 0 Å². The van der Waals surface area contributed by atoms with Crippen molar-refractivity contribution in [1.82, 2.24) is 0 Å². The first kappa shape index (κ1) is 23.3. The zero-order chi connectivity index (χ0) is 23.1. The first-order chi connectivity index (χ1) is 15.4. The van der Waals surface area contributed by atoms with Crippen LogP contribution in [0.15, 0.2) is 78.4 Å². The van der Waals surface area contributed by atoms with Gasteiger partial charge in [-0.2, -0.15) is 0 Å². The molecule has 0 bridgehead atoms. The third kappa shape index (κ3) is 4.75. The molecule has 32 heavy (non-hydrogen) atoms. The van der Waals surface area contributed by atoms with Crippen molar-refractivity contribution >= 4 is 23.7 Å². The second-order valence-corrected chi connectivity index (χ2v) is 7.92. The average Bonchev–Trinajstić information content (AvgIpc) is 2.83. The Labute approximate surface area is 189 Å². The molecule has 168 valence electrons. The van der Waals surface area contributed by atoms with Gasteiger partial charge in [0, 0.05) is 6.42 Å². The summed E-state index contributed by atoms with van der Waals surface area (Å²) in [5, 5.41) is 1.62. The third-order valence-electron chi connectivity index (χ3n) is 5.43. The lowest BCUT2D eigenvalue weighted by Crippen LogP contribution is -2.62. The summed E-state index contributed by atoms with van der Waals surface area (Å²) >= 11 is 0. The lowest BCUT2D eigenvalue weighted by atomic mass is 9.73. The van der Waals surface area contributed by atoms with E-state index in [1.54, 1.807) is 5.06 Å². The minimum absolute atomic E-state index is 0.0768. The molecular formula is C26H29NO5. The van der Waals surface area contributed by atoms with E-state index in [-0.39, 0.29) is 6.42 Å². The Hall–Kier alpha value is -3.38. The first-order valence-electron chi connectivity index (χ1n) is 10.5. The van der Waals surface area contributed by atoms with Crippen molar-refractivity contribution in [3.8, 4) is 0 Å². The quantitative estimate of drug-likeness (QED) is 0.376. The highest BCUT2D eigenvalue weighted by Crippen LogP contribution is 2.43. The van der Waals surface area contributed by atoms with Crippen molar-refractivity contribution in [2.75, 3.05) is 19.3 Å². The molecule has 1 aliphatic rings. The SMILES string of the molecule is COC(=O)C1(C(=O)OC)CC(/C=C/c2ccccc2)ON(c2ccccc2)C1C=C(C)C. The smallest absolute Gasteiger partial charge is 0.325 e. The van der Waals surface area contributed by atoms with Crippen molar-refractivity contribution in [2.24, 2.45) is 5.41 Å². The normalized spacial score (nSPS) is 19.9. The highest BCUT2D eigenvalue weighted by Gasteiger charge is 2.60. The molecule has 6 heteroatoms. The number of ether oxygens (including phenoxy) is 2. The second kappa shape index (κ2) is 10.3. The Morgan fingerprint density at radius 2 is 1.53 bits per heavy atom. The Kier molecular flexibility index (Phi) is 7.49. The summed E-state index contributed by atoms with van der Waals surface area (Å²) in [4.78, 5) is 32.8. The van der Waals surface area contributed by atoms with E-state index in [1.165, 1.54) is 14.2 Å². The number of carbonyl (C=O) groups is 2. The molecule has 0 aromatic heterocycles. The molecule has 1 saturated heterocycles. The number of hydrogen-bond donors (Lipinski definition) is 0. The highest BCUT2D eigenvalue weighted by molar-refractivity contribution is 6.02. The van der Waals surface area contributed by atoms with E-state index in [1.807, 2.05) is 92.7 Å². The minimum Gasteiger partial charge on any atom is -0.468 e. The zero-order valence-corrected chi connectivity index (χ0v) is 18.9. The van der Waals surface area contributed by atoms with Crippen molar-refractivity contribution < 1.29 is 23.9 Å². The van der Waals surface area contributed by atoms with Gasteiger partial charge >= 0.3 is 11.9 Å². The van der Waals surface area contributed by atoms with Gasteiger partial charge in [0.05, 0.1) is 19.9 Å². The van der Waals surface area contributed by atoms with E-state index >= 15 is 0 Å². The number of esters is 2. The molecule has 0 spiro atoms. The summed E-state index contributed by atoms with van der Waals surface area (Å²) in [6.45, 7) is 3.81. The van der Waals surface area contributed by atoms with Crippen LogP contribution in [0.2, 0.25) is 0 Å².